The summed E-state index contributed by atoms with van der Waals surface area (Å²) in [5, 5.41) is 0.880. The summed E-state index contributed by atoms with van der Waals surface area (Å²) >= 11 is 12.1. The lowest BCUT2D eigenvalue weighted by molar-refractivity contribution is 0.0471. The molecule has 0 saturated carbocycles. The third-order valence-electron chi connectivity index (χ3n) is 3.47. The molecule has 3 rings (SSSR count). The van der Waals surface area contributed by atoms with Gasteiger partial charge in [-0.3, -0.25) is 0 Å². The maximum absolute atomic E-state index is 12.3. The van der Waals surface area contributed by atoms with E-state index in [-0.39, 0.29) is 6.61 Å². The number of methoxy groups -OCH3 is 1. The quantitative estimate of drug-likeness (QED) is 0.759. The molecule has 24 heavy (non-hydrogen) atoms. The molecule has 1 aliphatic heterocycles. The number of rotatable bonds is 4. The second-order valence-corrected chi connectivity index (χ2v) is 5.79. The fraction of sp³-hybridized carbons (Fsp3) is 0.235. The summed E-state index contributed by atoms with van der Waals surface area (Å²) < 4.78 is 21.6. The monoisotopic (exact) mass is 368 g/mol. The summed E-state index contributed by atoms with van der Waals surface area (Å²) in [5.41, 5.74) is 0.845. The Balaban J connectivity index is 1.80. The Morgan fingerprint density at radius 2 is 1.88 bits per heavy atom. The molecule has 0 atom stereocenters. The molecule has 2 aromatic carbocycles. The van der Waals surface area contributed by atoms with Gasteiger partial charge in [0.1, 0.15) is 19.8 Å². The first-order valence-corrected chi connectivity index (χ1v) is 7.93. The van der Waals surface area contributed by atoms with Crippen LogP contribution in [0.1, 0.15) is 15.9 Å². The summed E-state index contributed by atoms with van der Waals surface area (Å²) in [6.45, 7) is 0.802. The summed E-state index contributed by atoms with van der Waals surface area (Å²) in [5.74, 6) is 0.800. The number of benzene rings is 2. The van der Waals surface area contributed by atoms with Crippen LogP contribution in [0.4, 0.5) is 0 Å². The average Bonchev–Trinajstić information content (AvgIpc) is 2.60. The van der Waals surface area contributed by atoms with Gasteiger partial charge < -0.3 is 18.9 Å². The van der Waals surface area contributed by atoms with E-state index in [1.807, 2.05) is 0 Å². The predicted octanol–water partition coefficient (Wildman–Crippen LogP) is 4.13. The Labute approximate surface area is 149 Å². The minimum absolute atomic E-state index is 0.0336. The van der Waals surface area contributed by atoms with Crippen LogP contribution >= 0.6 is 23.2 Å². The molecule has 0 aliphatic carbocycles. The van der Waals surface area contributed by atoms with Crippen LogP contribution in [0.3, 0.4) is 0 Å². The molecular formula is C17H14Cl2O5. The number of hydrogen-bond donors (Lipinski definition) is 0. The molecular weight excluding hydrogens is 355 g/mol. The highest BCUT2D eigenvalue weighted by atomic mass is 35.5. The second-order valence-electron chi connectivity index (χ2n) is 4.98. The molecule has 0 fully saturated rings. The van der Waals surface area contributed by atoms with Gasteiger partial charge >= 0.3 is 5.97 Å². The van der Waals surface area contributed by atoms with Gasteiger partial charge in [0.05, 0.1) is 12.7 Å². The summed E-state index contributed by atoms with van der Waals surface area (Å²) in [7, 11) is 1.49. The molecule has 126 valence electrons. The van der Waals surface area contributed by atoms with Gasteiger partial charge in [0.15, 0.2) is 11.5 Å². The molecule has 0 amide bonds. The van der Waals surface area contributed by atoms with Crippen molar-refractivity contribution in [2.45, 2.75) is 6.61 Å². The normalized spacial score (nSPS) is 12.6. The zero-order chi connectivity index (χ0) is 17.1. The minimum Gasteiger partial charge on any atom is -0.493 e. The van der Waals surface area contributed by atoms with Crippen molar-refractivity contribution in [3.8, 4) is 17.2 Å². The van der Waals surface area contributed by atoms with Crippen LogP contribution in [0.15, 0.2) is 30.3 Å². The minimum atomic E-state index is -0.541. The van der Waals surface area contributed by atoms with Crippen LogP contribution in [-0.4, -0.2) is 26.3 Å². The van der Waals surface area contributed by atoms with Crippen molar-refractivity contribution in [2.24, 2.45) is 0 Å². The molecule has 0 bridgehead atoms. The Morgan fingerprint density at radius 3 is 2.58 bits per heavy atom. The van der Waals surface area contributed by atoms with Crippen molar-refractivity contribution < 1.29 is 23.7 Å². The first-order valence-electron chi connectivity index (χ1n) is 7.18. The van der Waals surface area contributed by atoms with Gasteiger partial charge in [0.25, 0.3) is 0 Å². The number of hydrogen-bond acceptors (Lipinski definition) is 5. The molecule has 0 N–H and O–H groups in total. The van der Waals surface area contributed by atoms with Gasteiger partial charge in [-0.15, -0.1) is 0 Å². The molecule has 7 heteroatoms. The predicted molar refractivity (Wildman–Crippen MR) is 89.6 cm³/mol. The van der Waals surface area contributed by atoms with Crippen LogP contribution in [0.25, 0.3) is 0 Å². The highest BCUT2D eigenvalue weighted by Gasteiger charge is 2.22. The van der Waals surface area contributed by atoms with E-state index in [4.69, 9.17) is 42.1 Å². The molecule has 0 unspecified atom stereocenters. The van der Waals surface area contributed by atoms with E-state index in [2.05, 4.69) is 0 Å². The smallest absolute Gasteiger partial charge is 0.338 e. The van der Waals surface area contributed by atoms with E-state index in [9.17, 15) is 4.79 Å². The van der Waals surface area contributed by atoms with Gasteiger partial charge in [-0.05, 0) is 24.3 Å². The van der Waals surface area contributed by atoms with Gasteiger partial charge in [-0.1, -0.05) is 29.3 Å². The van der Waals surface area contributed by atoms with E-state index in [1.165, 1.54) is 7.11 Å². The molecule has 1 aliphatic rings. The maximum Gasteiger partial charge on any atom is 0.338 e. The Kier molecular flexibility index (Phi) is 5.02. The zero-order valence-electron chi connectivity index (χ0n) is 12.8. The molecule has 2 aromatic rings. The van der Waals surface area contributed by atoms with Crippen LogP contribution in [0, 0.1) is 0 Å². The van der Waals surface area contributed by atoms with E-state index in [0.717, 1.165) is 0 Å². The topological polar surface area (TPSA) is 54.0 Å². The number of carbonyl (C=O) groups is 1. The third kappa shape index (κ3) is 3.37. The number of fused-ring (bicyclic) bond motifs is 1. The molecule has 0 radical (unpaired) electrons. The fourth-order valence-corrected chi connectivity index (χ4v) is 2.79. The number of esters is 1. The number of halogens is 2. The Hall–Kier alpha value is -2.11. The lowest BCUT2D eigenvalue weighted by Crippen LogP contribution is -2.17. The highest BCUT2D eigenvalue weighted by molar-refractivity contribution is 6.35. The molecule has 0 saturated heterocycles. The van der Waals surface area contributed by atoms with Gasteiger partial charge in [-0.25, -0.2) is 4.79 Å². The average molecular weight is 369 g/mol. The molecule has 0 aromatic heterocycles. The van der Waals surface area contributed by atoms with E-state index < -0.39 is 5.97 Å². The van der Waals surface area contributed by atoms with E-state index in [1.54, 1.807) is 30.3 Å². The number of carbonyl (C=O) groups excluding carboxylic acids is 1. The zero-order valence-corrected chi connectivity index (χ0v) is 14.3. The van der Waals surface area contributed by atoms with E-state index in [0.29, 0.717) is 51.6 Å². The fourth-order valence-electron chi connectivity index (χ4n) is 2.28. The summed E-state index contributed by atoms with van der Waals surface area (Å²) in [4.78, 5) is 12.3. The van der Waals surface area contributed by atoms with Crippen molar-refractivity contribution >= 4 is 29.2 Å². The standard InChI is InChI=1S/C17H14Cl2O5/c1-21-14-7-10(8-15-16(14)23-6-5-22-15)17(20)24-9-11-12(18)3-2-4-13(11)19/h2-4,7-8H,5-6,9H2,1H3. The van der Waals surface area contributed by atoms with E-state index >= 15 is 0 Å². The SMILES string of the molecule is COc1cc(C(=O)OCc2c(Cl)cccc2Cl)cc2c1OCCO2. The van der Waals surface area contributed by atoms with Gasteiger partial charge in [0.2, 0.25) is 5.75 Å². The van der Waals surface area contributed by atoms with Crippen molar-refractivity contribution in [3.05, 3.63) is 51.5 Å². The Bertz CT molecular complexity index is 738. The first-order chi connectivity index (χ1) is 11.6. The second kappa shape index (κ2) is 7.20. The molecule has 1 heterocycles. The lowest BCUT2D eigenvalue weighted by Gasteiger charge is -2.21. The van der Waals surface area contributed by atoms with Gasteiger partial charge in [-0.2, -0.15) is 0 Å². The van der Waals surface area contributed by atoms with Crippen LogP contribution in [0.5, 0.6) is 17.2 Å². The molecule has 0 spiro atoms. The summed E-state index contributed by atoms with van der Waals surface area (Å²) in [6, 6.07) is 8.20. The third-order valence-corrected chi connectivity index (χ3v) is 4.18. The maximum atomic E-state index is 12.3. The molecule has 5 nitrogen and oxygen atoms in total. The van der Waals surface area contributed by atoms with Crippen molar-refractivity contribution in [1.82, 2.24) is 0 Å². The van der Waals surface area contributed by atoms with Crippen molar-refractivity contribution in [2.75, 3.05) is 20.3 Å². The largest absolute Gasteiger partial charge is 0.493 e. The lowest BCUT2D eigenvalue weighted by atomic mass is 10.1. The Morgan fingerprint density at radius 1 is 1.17 bits per heavy atom. The van der Waals surface area contributed by atoms with Crippen LogP contribution in [-0.2, 0) is 11.3 Å². The van der Waals surface area contributed by atoms with Gasteiger partial charge in [0, 0.05) is 15.6 Å². The van der Waals surface area contributed by atoms with Crippen molar-refractivity contribution in [3.63, 3.8) is 0 Å². The number of ether oxygens (including phenoxy) is 4. The van der Waals surface area contributed by atoms with Crippen LogP contribution in [0.2, 0.25) is 10.0 Å². The first kappa shape index (κ1) is 16.7. The van der Waals surface area contributed by atoms with Crippen LogP contribution < -0.4 is 14.2 Å². The van der Waals surface area contributed by atoms with Crippen molar-refractivity contribution in [1.29, 1.82) is 0 Å². The highest BCUT2D eigenvalue weighted by Crippen LogP contribution is 2.40. The summed E-state index contributed by atoms with van der Waals surface area (Å²) in [6.07, 6.45) is 0.